The van der Waals surface area contributed by atoms with E-state index in [9.17, 15) is 4.79 Å². The van der Waals surface area contributed by atoms with E-state index in [1.54, 1.807) is 0 Å². The first-order valence-electron chi connectivity index (χ1n) is 9.32. The van der Waals surface area contributed by atoms with Gasteiger partial charge in [-0.3, -0.25) is 9.36 Å². The minimum absolute atomic E-state index is 0.122. The Kier molecular flexibility index (Phi) is 5.62. The lowest BCUT2D eigenvalue weighted by Gasteiger charge is -2.10. The molecular weight excluding hydrogens is 400 g/mol. The van der Waals surface area contributed by atoms with Crippen molar-refractivity contribution in [2.24, 2.45) is 0 Å². The van der Waals surface area contributed by atoms with Crippen LogP contribution in [0, 0.1) is 13.8 Å². The Balaban J connectivity index is 1.52. The van der Waals surface area contributed by atoms with Gasteiger partial charge in [-0.2, -0.15) is 4.98 Å². The van der Waals surface area contributed by atoms with Crippen molar-refractivity contribution in [2.75, 3.05) is 5.32 Å². The van der Waals surface area contributed by atoms with Gasteiger partial charge in [-0.05, 0) is 44.2 Å². The molecule has 4 aromatic rings. The Hall–Kier alpha value is -3.46. The summed E-state index contributed by atoms with van der Waals surface area (Å²) in [5, 5.41) is 16.0. The topological polar surface area (TPSA) is 98.7 Å². The fraction of sp³-hybridized carbons (Fsp3) is 0.190. The molecule has 0 fully saturated rings. The van der Waals surface area contributed by atoms with Gasteiger partial charge in [0.15, 0.2) is 11.0 Å². The van der Waals surface area contributed by atoms with Crippen LogP contribution in [0.5, 0.6) is 0 Å². The number of aryl methyl sites for hydroxylation is 2. The van der Waals surface area contributed by atoms with Crippen molar-refractivity contribution in [3.05, 3.63) is 65.7 Å². The third kappa shape index (κ3) is 4.41. The van der Waals surface area contributed by atoms with Gasteiger partial charge in [0.25, 0.3) is 5.89 Å². The number of nitrogens with one attached hydrogen (secondary N) is 1. The summed E-state index contributed by atoms with van der Waals surface area (Å²) < 4.78 is 7.32. The first kappa shape index (κ1) is 19.8. The molecule has 30 heavy (non-hydrogen) atoms. The molecule has 9 heteroatoms. The second kappa shape index (κ2) is 8.50. The fourth-order valence-corrected chi connectivity index (χ4v) is 3.76. The predicted octanol–water partition coefficient (Wildman–Crippen LogP) is 4.18. The number of benzene rings is 2. The number of thioether (sulfide) groups is 1. The highest BCUT2D eigenvalue weighted by atomic mass is 32.2. The third-order valence-electron chi connectivity index (χ3n) is 4.32. The molecule has 0 spiro atoms. The molecule has 0 saturated carbocycles. The fourth-order valence-electron chi connectivity index (χ4n) is 2.91. The van der Waals surface area contributed by atoms with Gasteiger partial charge in [0.2, 0.25) is 5.91 Å². The number of hydrogen-bond donors (Lipinski definition) is 1. The zero-order chi connectivity index (χ0) is 21.1. The molecule has 0 radical (unpaired) electrons. The van der Waals surface area contributed by atoms with E-state index in [2.05, 4.69) is 25.7 Å². The number of nitrogens with zero attached hydrogens (tertiary/aromatic N) is 5. The van der Waals surface area contributed by atoms with E-state index < -0.39 is 0 Å². The summed E-state index contributed by atoms with van der Waals surface area (Å²) in [6.45, 7) is 5.39. The first-order valence-corrected chi connectivity index (χ1v) is 10.3. The normalized spacial score (nSPS) is 10.9. The van der Waals surface area contributed by atoms with Crippen LogP contribution in [0.15, 0.2) is 58.2 Å². The van der Waals surface area contributed by atoms with E-state index in [1.807, 2.05) is 66.9 Å². The van der Waals surface area contributed by atoms with E-state index in [0.717, 1.165) is 17.1 Å². The van der Waals surface area contributed by atoms with Crippen LogP contribution in [-0.4, -0.2) is 30.8 Å². The summed E-state index contributed by atoms with van der Waals surface area (Å²) in [5.41, 5.74) is 3.63. The summed E-state index contributed by atoms with van der Waals surface area (Å²) in [5.74, 6) is 2.18. The molecule has 0 bridgehead atoms. The zero-order valence-corrected chi connectivity index (χ0v) is 17.6. The van der Waals surface area contributed by atoms with Crippen molar-refractivity contribution in [1.82, 2.24) is 24.9 Å². The van der Waals surface area contributed by atoms with Crippen LogP contribution in [-0.2, 0) is 10.5 Å². The number of carbonyl (C=O) groups excluding carboxylic acids is 1. The number of carbonyl (C=O) groups is 1. The highest BCUT2D eigenvalue weighted by Gasteiger charge is 2.15. The van der Waals surface area contributed by atoms with Gasteiger partial charge in [0.05, 0.1) is 11.4 Å². The third-order valence-corrected chi connectivity index (χ3v) is 5.24. The highest BCUT2D eigenvalue weighted by molar-refractivity contribution is 7.98. The molecule has 1 amide bonds. The summed E-state index contributed by atoms with van der Waals surface area (Å²) >= 11 is 1.46. The molecule has 2 heterocycles. The van der Waals surface area contributed by atoms with Crippen LogP contribution >= 0.6 is 11.8 Å². The quantitative estimate of drug-likeness (QED) is 0.467. The molecule has 0 unspecified atom stereocenters. The Bertz CT molecular complexity index is 1180. The highest BCUT2D eigenvalue weighted by Crippen LogP contribution is 2.26. The van der Waals surface area contributed by atoms with Crippen molar-refractivity contribution in [2.45, 2.75) is 31.7 Å². The van der Waals surface area contributed by atoms with Crippen LogP contribution in [0.1, 0.15) is 24.1 Å². The number of amides is 1. The van der Waals surface area contributed by atoms with Gasteiger partial charge in [-0.25, -0.2) is 0 Å². The lowest BCUT2D eigenvalue weighted by Crippen LogP contribution is -2.07. The molecule has 2 aromatic heterocycles. The van der Waals surface area contributed by atoms with E-state index in [4.69, 9.17) is 4.52 Å². The van der Waals surface area contributed by atoms with Gasteiger partial charge < -0.3 is 9.84 Å². The molecule has 0 atom stereocenters. The number of anilines is 1. The number of hydrogen-bond acceptors (Lipinski definition) is 7. The Morgan fingerprint density at radius 2 is 1.93 bits per heavy atom. The smallest absolute Gasteiger partial charge is 0.257 e. The van der Waals surface area contributed by atoms with Gasteiger partial charge in [-0.1, -0.05) is 40.7 Å². The van der Waals surface area contributed by atoms with Gasteiger partial charge >= 0.3 is 0 Å². The van der Waals surface area contributed by atoms with Crippen LogP contribution in [0.25, 0.3) is 17.1 Å². The zero-order valence-electron chi connectivity index (χ0n) is 16.8. The average molecular weight is 420 g/mol. The molecule has 4 rings (SSSR count). The largest absolute Gasteiger partial charge is 0.334 e. The van der Waals surface area contributed by atoms with Gasteiger partial charge in [-0.15, -0.1) is 10.2 Å². The van der Waals surface area contributed by atoms with E-state index in [-0.39, 0.29) is 5.91 Å². The molecule has 8 nitrogen and oxygen atoms in total. The Labute approximate surface area is 177 Å². The molecule has 1 N–H and O–H groups in total. The molecule has 152 valence electrons. The van der Waals surface area contributed by atoms with Crippen molar-refractivity contribution in [3.63, 3.8) is 0 Å². The average Bonchev–Trinajstić information content (AvgIpc) is 3.33. The minimum Gasteiger partial charge on any atom is -0.334 e. The number of rotatable bonds is 6. The first-order chi connectivity index (χ1) is 14.5. The number of aromatic nitrogens is 5. The van der Waals surface area contributed by atoms with Gasteiger partial charge in [0.1, 0.15) is 5.82 Å². The lowest BCUT2D eigenvalue weighted by atomic mass is 10.1. The van der Waals surface area contributed by atoms with Crippen molar-refractivity contribution >= 4 is 23.4 Å². The lowest BCUT2D eigenvalue weighted by molar-refractivity contribution is -0.114. The molecule has 2 aromatic carbocycles. The minimum atomic E-state index is -0.122. The molecular formula is C21H20N6O2S. The maximum absolute atomic E-state index is 11.4. The SMILES string of the molecule is CC(=O)Nc1cccc(-n2c(C)nnc2SCc2noc(-c3ccc(C)cc3)n2)c1. The molecule has 0 aliphatic heterocycles. The van der Waals surface area contributed by atoms with Crippen LogP contribution in [0.2, 0.25) is 0 Å². The second-order valence-corrected chi connectivity index (χ2v) is 7.71. The maximum Gasteiger partial charge on any atom is 0.257 e. The summed E-state index contributed by atoms with van der Waals surface area (Å²) in [7, 11) is 0. The standard InChI is InChI=1S/C21H20N6O2S/c1-13-7-9-16(10-8-13)20-23-19(26-29-20)12-30-21-25-24-14(2)27(21)18-6-4-5-17(11-18)22-15(3)28/h4-11H,12H2,1-3H3,(H,22,28). The van der Waals surface area contributed by atoms with E-state index in [0.29, 0.717) is 28.3 Å². The molecule has 0 saturated heterocycles. The van der Waals surface area contributed by atoms with Crippen LogP contribution < -0.4 is 5.32 Å². The van der Waals surface area contributed by atoms with Crippen LogP contribution in [0.3, 0.4) is 0 Å². The van der Waals surface area contributed by atoms with E-state index in [1.165, 1.54) is 24.2 Å². The second-order valence-electron chi connectivity index (χ2n) is 6.77. The molecule has 0 aliphatic carbocycles. The van der Waals surface area contributed by atoms with Crippen molar-refractivity contribution in [3.8, 4) is 17.1 Å². The Morgan fingerprint density at radius 1 is 1.13 bits per heavy atom. The van der Waals surface area contributed by atoms with Crippen molar-refractivity contribution < 1.29 is 9.32 Å². The predicted molar refractivity (Wildman–Crippen MR) is 114 cm³/mol. The monoisotopic (exact) mass is 420 g/mol. The van der Waals surface area contributed by atoms with E-state index >= 15 is 0 Å². The summed E-state index contributed by atoms with van der Waals surface area (Å²) in [4.78, 5) is 15.8. The van der Waals surface area contributed by atoms with Gasteiger partial charge in [0, 0.05) is 18.2 Å². The Morgan fingerprint density at radius 3 is 2.70 bits per heavy atom. The molecule has 0 aliphatic rings. The van der Waals surface area contributed by atoms with Crippen LogP contribution in [0.4, 0.5) is 5.69 Å². The summed E-state index contributed by atoms with van der Waals surface area (Å²) in [6, 6.07) is 15.5. The van der Waals surface area contributed by atoms with Crippen molar-refractivity contribution in [1.29, 1.82) is 0 Å². The maximum atomic E-state index is 11.4. The summed E-state index contributed by atoms with van der Waals surface area (Å²) in [6.07, 6.45) is 0.